The first kappa shape index (κ1) is 12.2. The van der Waals surface area contributed by atoms with Crippen LogP contribution in [-0.2, 0) is 0 Å². The van der Waals surface area contributed by atoms with E-state index in [1.54, 1.807) is 6.92 Å². The Hall–Kier alpha value is -1.23. The molecule has 1 aromatic rings. The highest BCUT2D eigenvalue weighted by molar-refractivity contribution is 7.07. The number of allylic oxidation sites excluding steroid dienone is 1. The number of hydrogen-bond donors (Lipinski definition) is 1. The van der Waals surface area contributed by atoms with Gasteiger partial charge in [-0.3, -0.25) is 4.79 Å². The van der Waals surface area contributed by atoms with Crippen LogP contribution in [0.25, 0.3) is 0 Å². The number of nitrogens with one attached hydrogen (secondary N) is 1. The standard InChI is InChI=1S/C12H17N3OS/c1-9-14-12(17-15-9)11(16)13-8-7-10-5-3-2-4-6-10/h5H,2-4,6-8H2,1H3,(H,13,16). The molecule has 1 N–H and O–H groups in total. The summed E-state index contributed by atoms with van der Waals surface area (Å²) in [5.74, 6) is 0.558. The summed E-state index contributed by atoms with van der Waals surface area (Å²) in [5, 5.41) is 3.35. The molecule has 1 heterocycles. The fraction of sp³-hybridized carbons (Fsp3) is 0.583. The molecule has 92 valence electrons. The minimum atomic E-state index is -0.105. The maximum atomic E-state index is 11.7. The van der Waals surface area contributed by atoms with Gasteiger partial charge < -0.3 is 5.32 Å². The van der Waals surface area contributed by atoms with Gasteiger partial charge in [-0.25, -0.2) is 4.98 Å². The van der Waals surface area contributed by atoms with Gasteiger partial charge in [0.05, 0.1) is 0 Å². The summed E-state index contributed by atoms with van der Waals surface area (Å²) in [6.07, 6.45) is 8.25. The van der Waals surface area contributed by atoms with Crippen molar-refractivity contribution in [1.29, 1.82) is 0 Å². The number of amides is 1. The van der Waals surface area contributed by atoms with Crippen molar-refractivity contribution < 1.29 is 4.79 Å². The Bertz CT molecular complexity index is 425. The van der Waals surface area contributed by atoms with Crippen molar-refractivity contribution in [3.05, 3.63) is 22.5 Å². The number of aromatic nitrogens is 2. The molecule has 0 saturated carbocycles. The van der Waals surface area contributed by atoms with Gasteiger partial charge in [-0.2, -0.15) is 4.37 Å². The normalized spacial score (nSPS) is 15.5. The lowest BCUT2D eigenvalue weighted by atomic mass is 9.97. The summed E-state index contributed by atoms with van der Waals surface area (Å²) in [5.41, 5.74) is 1.48. The van der Waals surface area contributed by atoms with E-state index in [1.165, 1.54) is 31.3 Å². The first-order valence-electron chi connectivity index (χ1n) is 6.02. The lowest BCUT2D eigenvalue weighted by Crippen LogP contribution is -2.24. The Morgan fingerprint density at radius 3 is 3.06 bits per heavy atom. The van der Waals surface area contributed by atoms with Gasteiger partial charge in [-0.15, -0.1) is 0 Å². The molecule has 0 radical (unpaired) electrons. The zero-order valence-corrected chi connectivity index (χ0v) is 10.8. The van der Waals surface area contributed by atoms with Crippen LogP contribution in [0.4, 0.5) is 0 Å². The van der Waals surface area contributed by atoms with E-state index in [0.717, 1.165) is 18.0 Å². The molecular weight excluding hydrogens is 234 g/mol. The van der Waals surface area contributed by atoms with E-state index in [4.69, 9.17) is 0 Å². The van der Waals surface area contributed by atoms with Gasteiger partial charge in [0.1, 0.15) is 5.82 Å². The summed E-state index contributed by atoms with van der Waals surface area (Å²) in [4.78, 5) is 15.7. The van der Waals surface area contributed by atoms with Crippen LogP contribution in [-0.4, -0.2) is 21.8 Å². The number of carbonyl (C=O) groups is 1. The molecule has 0 bridgehead atoms. The summed E-state index contributed by atoms with van der Waals surface area (Å²) in [6.45, 7) is 2.49. The molecule has 1 aromatic heterocycles. The first-order valence-corrected chi connectivity index (χ1v) is 6.79. The third kappa shape index (κ3) is 3.63. The monoisotopic (exact) mass is 251 g/mol. The number of rotatable bonds is 4. The lowest BCUT2D eigenvalue weighted by molar-refractivity contribution is 0.0953. The van der Waals surface area contributed by atoms with E-state index in [1.807, 2.05) is 0 Å². The van der Waals surface area contributed by atoms with Crippen molar-refractivity contribution in [2.45, 2.75) is 39.0 Å². The van der Waals surface area contributed by atoms with Crippen LogP contribution in [0.1, 0.15) is 47.7 Å². The van der Waals surface area contributed by atoms with Crippen LogP contribution in [0.5, 0.6) is 0 Å². The molecule has 0 aliphatic heterocycles. The predicted octanol–water partition coefficient (Wildman–Crippen LogP) is 2.47. The van der Waals surface area contributed by atoms with E-state index in [9.17, 15) is 4.79 Å². The zero-order chi connectivity index (χ0) is 12.1. The number of nitrogens with zero attached hydrogens (tertiary/aromatic N) is 2. The van der Waals surface area contributed by atoms with Gasteiger partial charge in [-0.05, 0) is 50.6 Å². The lowest BCUT2D eigenvalue weighted by Gasteiger charge is -2.12. The average Bonchev–Trinajstić information content (AvgIpc) is 2.77. The molecule has 0 atom stereocenters. The maximum Gasteiger partial charge on any atom is 0.281 e. The Kier molecular flexibility index (Phi) is 4.25. The first-order chi connectivity index (χ1) is 8.25. The van der Waals surface area contributed by atoms with Gasteiger partial charge in [0.15, 0.2) is 0 Å². The summed E-state index contributed by atoms with van der Waals surface area (Å²) in [7, 11) is 0. The fourth-order valence-electron chi connectivity index (χ4n) is 1.93. The average molecular weight is 251 g/mol. The third-order valence-corrected chi connectivity index (χ3v) is 3.64. The molecule has 17 heavy (non-hydrogen) atoms. The second-order valence-electron chi connectivity index (χ2n) is 4.26. The highest BCUT2D eigenvalue weighted by atomic mass is 32.1. The van der Waals surface area contributed by atoms with E-state index in [0.29, 0.717) is 17.4 Å². The summed E-state index contributed by atoms with van der Waals surface area (Å²) >= 11 is 1.16. The highest BCUT2D eigenvalue weighted by Crippen LogP contribution is 2.19. The van der Waals surface area contributed by atoms with Crippen LogP contribution < -0.4 is 5.32 Å². The largest absolute Gasteiger partial charge is 0.350 e. The van der Waals surface area contributed by atoms with Gasteiger partial charge in [-0.1, -0.05) is 11.6 Å². The molecule has 0 spiro atoms. The van der Waals surface area contributed by atoms with Gasteiger partial charge in [0.2, 0.25) is 5.01 Å². The molecule has 0 fully saturated rings. The van der Waals surface area contributed by atoms with Crippen LogP contribution in [0.3, 0.4) is 0 Å². The van der Waals surface area contributed by atoms with Crippen molar-refractivity contribution in [1.82, 2.24) is 14.7 Å². The summed E-state index contributed by atoms with van der Waals surface area (Å²) < 4.78 is 3.99. The van der Waals surface area contributed by atoms with E-state index in [-0.39, 0.29) is 5.91 Å². The van der Waals surface area contributed by atoms with Crippen molar-refractivity contribution in [3.63, 3.8) is 0 Å². The third-order valence-electron chi connectivity index (χ3n) is 2.84. The maximum absolute atomic E-state index is 11.7. The van der Waals surface area contributed by atoms with Crippen molar-refractivity contribution in [2.24, 2.45) is 0 Å². The van der Waals surface area contributed by atoms with Crippen molar-refractivity contribution in [2.75, 3.05) is 6.54 Å². The van der Waals surface area contributed by atoms with Crippen LogP contribution in [0.2, 0.25) is 0 Å². The molecule has 1 amide bonds. The summed E-state index contributed by atoms with van der Waals surface area (Å²) in [6, 6.07) is 0. The minimum absolute atomic E-state index is 0.105. The van der Waals surface area contributed by atoms with Crippen LogP contribution in [0.15, 0.2) is 11.6 Å². The smallest absolute Gasteiger partial charge is 0.281 e. The minimum Gasteiger partial charge on any atom is -0.350 e. The molecule has 2 rings (SSSR count). The fourth-order valence-corrected chi connectivity index (χ4v) is 2.52. The molecule has 4 nitrogen and oxygen atoms in total. The van der Waals surface area contributed by atoms with Crippen molar-refractivity contribution in [3.8, 4) is 0 Å². The Morgan fingerprint density at radius 2 is 2.41 bits per heavy atom. The molecule has 1 aliphatic rings. The van der Waals surface area contributed by atoms with Gasteiger partial charge in [0.25, 0.3) is 5.91 Å². The second-order valence-corrected chi connectivity index (χ2v) is 5.01. The van der Waals surface area contributed by atoms with E-state index >= 15 is 0 Å². The quantitative estimate of drug-likeness (QED) is 0.836. The molecule has 5 heteroatoms. The predicted molar refractivity (Wildman–Crippen MR) is 68.1 cm³/mol. The second kappa shape index (κ2) is 5.91. The SMILES string of the molecule is Cc1nsc(C(=O)NCCC2=CCCCC2)n1. The molecule has 0 unspecified atom stereocenters. The zero-order valence-electron chi connectivity index (χ0n) is 10.0. The Morgan fingerprint density at radius 1 is 1.53 bits per heavy atom. The molecule has 1 aliphatic carbocycles. The Labute approximate surface area is 105 Å². The highest BCUT2D eigenvalue weighted by Gasteiger charge is 2.10. The molecule has 0 saturated heterocycles. The van der Waals surface area contributed by atoms with E-state index in [2.05, 4.69) is 20.8 Å². The van der Waals surface area contributed by atoms with E-state index < -0.39 is 0 Å². The molecular formula is C12H17N3OS. The number of aryl methyl sites for hydroxylation is 1. The van der Waals surface area contributed by atoms with Gasteiger partial charge in [0, 0.05) is 6.54 Å². The molecule has 0 aromatic carbocycles. The van der Waals surface area contributed by atoms with Crippen molar-refractivity contribution >= 4 is 17.4 Å². The van der Waals surface area contributed by atoms with Gasteiger partial charge >= 0.3 is 0 Å². The van der Waals surface area contributed by atoms with Crippen LogP contribution >= 0.6 is 11.5 Å². The number of hydrogen-bond acceptors (Lipinski definition) is 4. The Balaban J connectivity index is 1.75. The topological polar surface area (TPSA) is 54.9 Å². The number of carbonyl (C=O) groups excluding carboxylic acids is 1. The van der Waals surface area contributed by atoms with Crippen LogP contribution in [0, 0.1) is 6.92 Å².